The van der Waals surface area contributed by atoms with Crippen molar-refractivity contribution in [1.82, 2.24) is 15.5 Å². The molecular formula is C18H18N4O3S2. The fraction of sp³-hybridized carbons (Fsp3) is 0.222. The monoisotopic (exact) mass is 402 g/mol. The minimum absolute atomic E-state index is 0.216. The number of aryl methyl sites for hydroxylation is 1. The summed E-state index contributed by atoms with van der Waals surface area (Å²) in [6.45, 7) is 2.19. The van der Waals surface area contributed by atoms with Crippen molar-refractivity contribution in [2.24, 2.45) is 0 Å². The van der Waals surface area contributed by atoms with E-state index in [0.29, 0.717) is 17.8 Å². The quantitative estimate of drug-likeness (QED) is 0.608. The smallest absolute Gasteiger partial charge is 0.230 e. The summed E-state index contributed by atoms with van der Waals surface area (Å²) in [5.74, 6) is 0.0257. The molecule has 9 heteroatoms. The van der Waals surface area contributed by atoms with E-state index in [0.717, 1.165) is 11.1 Å². The number of carbonyl (C=O) groups excluding carboxylic acids is 1. The zero-order chi connectivity index (χ0) is 19.0. The molecule has 4 rings (SSSR count). The van der Waals surface area contributed by atoms with Crippen LogP contribution in [0.4, 0.5) is 5.82 Å². The number of H-pyrrole nitrogens is 1. The van der Waals surface area contributed by atoms with Gasteiger partial charge in [0, 0.05) is 6.54 Å². The van der Waals surface area contributed by atoms with Crippen LogP contribution in [0.3, 0.4) is 0 Å². The van der Waals surface area contributed by atoms with Crippen LogP contribution in [0.1, 0.15) is 27.8 Å². The summed E-state index contributed by atoms with van der Waals surface area (Å²) in [5, 5.41) is 15.6. The van der Waals surface area contributed by atoms with Crippen molar-refractivity contribution in [1.29, 1.82) is 0 Å². The predicted octanol–water partition coefficient (Wildman–Crippen LogP) is 2.54. The average molecular weight is 403 g/mol. The number of carbonyl (C=O) groups is 1. The number of hydrogen-bond acceptors (Lipinski definition) is 6. The molecule has 0 radical (unpaired) electrons. The molecule has 3 N–H and O–H groups in total. The molecule has 1 atom stereocenters. The topological polar surface area (TPSA) is 104 Å². The third-order valence-corrected chi connectivity index (χ3v) is 7.11. The summed E-state index contributed by atoms with van der Waals surface area (Å²) in [5.41, 5.74) is 2.93. The van der Waals surface area contributed by atoms with E-state index in [-0.39, 0.29) is 23.0 Å². The molecule has 0 saturated carbocycles. The summed E-state index contributed by atoms with van der Waals surface area (Å²) in [6, 6.07) is 8.67. The number of rotatable bonds is 5. The number of anilines is 1. The first-order valence-corrected chi connectivity index (χ1v) is 10.9. The third kappa shape index (κ3) is 3.41. The summed E-state index contributed by atoms with van der Waals surface area (Å²) in [6.07, 6.45) is 0.216. The molecule has 140 valence electrons. The molecule has 2 aromatic heterocycles. The Morgan fingerprint density at radius 3 is 2.96 bits per heavy atom. The predicted molar refractivity (Wildman–Crippen MR) is 103 cm³/mol. The highest BCUT2D eigenvalue weighted by molar-refractivity contribution is 7.91. The second-order valence-electron chi connectivity index (χ2n) is 6.44. The maximum absolute atomic E-state index is 13.1. The lowest BCUT2D eigenvalue weighted by molar-refractivity contribution is -0.115. The van der Waals surface area contributed by atoms with Crippen molar-refractivity contribution >= 4 is 32.9 Å². The summed E-state index contributed by atoms with van der Waals surface area (Å²) >= 11 is 1.52. The Labute approximate surface area is 160 Å². The van der Waals surface area contributed by atoms with Gasteiger partial charge in [-0.05, 0) is 47.0 Å². The normalized spacial score (nSPS) is 16.3. The fourth-order valence-electron chi connectivity index (χ4n) is 3.14. The largest absolute Gasteiger partial charge is 0.309 e. The van der Waals surface area contributed by atoms with Crippen molar-refractivity contribution in [2.75, 3.05) is 5.32 Å². The first-order valence-electron chi connectivity index (χ1n) is 8.37. The van der Waals surface area contributed by atoms with Gasteiger partial charge < -0.3 is 5.32 Å². The molecule has 0 spiro atoms. The van der Waals surface area contributed by atoms with E-state index in [2.05, 4.69) is 20.8 Å². The number of sulfone groups is 1. The average Bonchev–Trinajstić information content (AvgIpc) is 3.34. The van der Waals surface area contributed by atoms with Gasteiger partial charge in [-0.2, -0.15) is 16.4 Å². The minimum Gasteiger partial charge on any atom is -0.309 e. The van der Waals surface area contributed by atoms with Crippen molar-refractivity contribution in [3.63, 3.8) is 0 Å². The Hall–Kier alpha value is -2.49. The van der Waals surface area contributed by atoms with E-state index < -0.39 is 15.2 Å². The van der Waals surface area contributed by atoms with Crippen LogP contribution in [-0.4, -0.2) is 24.5 Å². The lowest BCUT2D eigenvalue weighted by Gasteiger charge is -2.15. The maximum Gasteiger partial charge on any atom is 0.230 e. The molecule has 7 nitrogen and oxygen atoms in total. The molecule has 1 aliphatic rings. The molecule has 0 fully saturated rings. The molecule has 0 bridgehead atoms. The van der Waals surface area contributed by atoms with Crippen molar-refractivity contribution in [3.05, 3.63) is 63.5 Å². The third-order valence-electron chi connectivity index (χ3n) is 4.44. The number of thiophene rings is 1. The number of nitrogens with one attached hydrogen (secondary N) is 3. The Kier molecular flexibility index (Phi) is 4.58. The zero-order valence-corrected chi connectivity index (χ0v) is 16.2. The van der Waals surface area contributed by atoms with Crippen LogP contribution in [0.25, 0.3) is 0 Å². The number of benzene rings is 1. The van der Waals surface area contributed by atoms with Crippen LogP contribution in [0.2, 0.25) is 0 Å². The van der Waals surface area contributed by atoms with Crippen LogP contribution in [0.15, 0.2) is 46.0 Å². The second-order valence-corrected chi connectivity index (χ2v) is 9.26. The molecule has 1 amide bonds. The van der Waals surface area contributed by atoms with E-state index in [4.69, 9.17) is 0 Å². The molecule has 27 heavy (non-hydrogen) atoms. The van der Waals surface area contributed by atoms with Gasteiger partial charge in [-0.3, -0.25) is 15.2 Å². The first kappa shape index (κ1) is 17.9. The first-order chi connectivity index (χ1) is 12.9. The van der Waals surface area contributed by atoms with Gasteiger partial charge in [0.1, 0.15) is 5.37 Å². The van der Waals surface area contributed by atoms with E-state index in [1.807, 2.05) is 29.8 Å². The molecule has 3 aromatic rings. The molecule has 3 heterocycles. The van der Waals surface area contributed by atoms with Crippen LogP contribution in [0, 0.1) is 6.92 Å². The number of amides is 1. The highest BCUT2D eigenvalue weighted by Crippen LogP contribution is 2.37. The number of nitrogens with zero attached hydrogens (tertiary/aromatic N) is 1. The number of aromatic nitrogens is 2. The molecule has 0 aliphatic carbocycles. The van der Waals surface area contributed by atoms with Gasteiger partial charge in [-0.25, -0.2) is 8.42 Å². The van der Waals surface area contributed by atoms with Crippen molar-refractivity contribution in [2.45, 2.75) is 30.2 Å². The van der Waals surface area contributed by atoms with Gasteiger partial charge in [0.15, 0.2) is 15.7 Å². The van der Waals surface area contributed by atoms with Gasteiger partial charge in [-0.15, -0.1) is 0 Å². The van der Waals surface area contributed by atoms with Gasteiger partial charge in [0.2, 0.25) is 5.91 Å². The Morgan fingerprint density at radius 2 is 2.22 bits per heavy atom. The second kappa shape index (κ2) is 6.91. The van der Waals surface area contributed by atoms with E-state index in [1.54, 1.807) is 18.2 Å². The number of aromatic amines is 1. The Bertz CT molecular complexity index is 1090. The van der Waals surface area contributed by atoms with E-state index in [9.17, 15) is 13.2 Å². The lowest BCUT2D eigenvalue weighted by Crippen LogP contribution is -2.24. The molecular weight excluding hydrogens is 384 g/mol. The summed E-state index contributed by atoms with van der Waals surface area (Å²) in [4.78, 5) is 12.6. The highest BCUT2D eigenvalue weighted by atomic mass is 32.2. The standard InChI is InChI=1S/C18H18N4O3S2/c1-11-3-2-4-13(7-11)27(24,25)18-16-14(9-19-18)21-22-17(16)20-15(23)8-12-5-6-26-10-12/h2-7,10,18-19H,8-9H2,1H3,(H2,20,21,22,23). The van der Waals surface area contributed by atoms with Crippen LogP contribution in [-0.2, 0) is 27.6 Å². The lowest BCUT2D eigenvalue weighted by atomic mass is 10.2. The van der Waals surface area contributed by atoms with Crippen LogP contribution < -0.4 is 10.6 Å². The molecule has 1 unspecified atom stereocenters. The van der Waals surface area contributed by atoms with E-state index in [1.165, 1.54) is 11.3 Å². The summed E-state index contributed by atoms with van der Waals surface area (Å²) < 4.78 is 26.3. The Morgan fingerprint density at radius 1 is 1.37 bits per heavy atom. The van der Waals surface area contributed by atoms with Crippen molar-refractivity contribution in [3.8, 4) is 0 Å². The van der Waals surface area contributed by atoms with Crippen LogP contribution in [0.5, 0.6) is 0 Å². The Balaban J connectivity index is 1.62. The SMILES string of the molecule is Cc1cccc(S(=O)(=O)C2NCc3[nH]nc(NC(=O)Cc4ccsc4)c32)c1. The highest BCUT2D eigenvalue weighted by Gasteiger charge is 2.38. The van der Waals surface area contributed by atoms with E-state index >= 15 is 0 Å². The maximum atomic E-state index is 13.1. The van der Waals surface area contributed by atoms with Gasteiger partial charge in [-0.1, -0.05) is 12.1 Å². The van der Waals surface area contributed by atoms with Crippen molar-refractivity contribution < 1.29 is 13.2 Å². The molecule has 1 aromatic carbocycles. The van der Waals surface area contributed by atoms with Gasteiger partial charge in [0.25, 0.3) is 0 Å². The minimum atomic E-state index is -3.67. The summed E-state index contributed by atoms with van der Waals surface area (Å²) in [7, 11) is -3.67. The number of fused-ring (bicyclic) bond motifs is 1. The zero-order valence-electron chi connectivity index (χ0n) is 14.5. The molecule has 1 aliphatic heterocycles. The van der Waals surface area contributed by atoms with Crippen LogP contribution >= 0.6 is 11.3 Å². The molecule has 0 saturated heterocycles. The van der Waals surface area contributed by atoms with Gasteiger partial charge in [0.05, 0.1) is 22.6 Å². The number of hydrogen-bond donors (Lipinski definition) is 3. The van der Waals surface area contributed by atoms with Gasteiger partial charge >= 0.3 is 0 Å². The fourth-order valence-corrected chi connectivity index (χ4v) is 5.57.